The standard InChI is InChI=1S/C8H12ClN3/c9-5-1-2-6(7(11)3-5)8(12)4-10/h1-3,8H,4,10-12H2/t8-/m1/s1. The molecule has 1 aromatic rings. The minimum absolute atomic E-state index is 0.206. The second kappa shape index (κ2) is 3.76. The first kappa shape index (κ1) is 9.32. The van der Waals surface area contributed by atoms with Crippen LogP contribution >= 0.6 is 11.6 Å². The lowest BCUT2D eigenvalue weighted by Crippen LogP contribution is -2.21. The molecule has 0 bridgehead atoms. The molecule has 12 heavy (non-hydrogen) atoms. The van der Waals surface area contributed by atoms with E-state index < -0.39 is 0 Å². The molecule has 3 nitrogen and oxygen atoms in total. The molecule has 1 atom stereocenters. The smallest absolute Gasteiger partial charge is 0.0440 e. The minimum Gasteiger partial charge on any atom is -0.398 e. The molecule has 0 heterocycles. The fourth-order valence-corrected chi connectivity index (χ4v) is 1.19. The van der Waals surface area contributed by atoms with Crippen LogP contribution in [0.1, 0.15) is 11.6 Å². The molecule has 0 aliphatic carbocycles. The van der Waals surface area contributed by atoms with Crippen LogP contribution in [0.15, 0.2) is 18.2 Å². The van der Waals surface area contributed by atoms with Crippen molar-refractivity contribution in [2.75, 3.05) is 12.3 Å². The Morgan fingerprint density at radius 2 is 2.08 bits per heavy atom. The van der Waals surface area contributed by atoms with E-state index in [0.29, 0.717) is 17.3 Å². The van der Waals surface area contributed by atoms with Crippen molar-refractivity contribution in [1.82, 2.24) is 0 Å². The van der Waals surface area contributed by atoms with Gasteiger partial charge in [0, 0.05) is 23.3 Å². The van der Waals surface area contributed by atoms with E-state index in [0.717, 1.165) is 5.56 Å². The summed E-state index contributed by atoms with van der Waals surface area (Å²) in [5.74, 6) is 0. The first-order chi connectivity index (χ1) is 5.65. The first-order valence-electron chi connectivity index (χ1n) is 3.65. The number of nitrogens with two attached hydrogens (primary N) is 3. The van der Waals surface area contributed by atoms with Gasteiger partial charge in [0.25, 0.3) is 0 Å². The van der Waals surface area contributed by atoms with Crippen molar-refractivity contribution in [2.45, 2.75) is 6.04 Å². The molecule has 66 valence electrons. The highest BCUT2D eigenvalue weighted by molar-refractivity contribution is 6.30. The minimum atomic E-state index is -0.206. The number of anilines is 1. The summed E-state index contributed by atoms with van der Waals surface area (Å²) in [4.78, 5) is 0. The average molecular weight is 186 g/mol. The van der Waals surface area contributed by atoms with Crippen LogP contribution in [0.3, 0.4) is 0 Å². The van der Waals surface area contributed by atoms with E-state index in [1.165, 1.54) is 0 Å². The van der Waals surface area contributed by atoms with Gasteiger partial charge >= 0.3 is 0 Å². The highest BCUT2D eigenvalue weighted by Gasteiger charge is 2.06. The Bertz CT molecular complexity index is 275. The predicted molar refractivity (Wildman–Crippen MR) is 51.8 cm³/mol. The molecule has 6 N–H and O–H groups in total. The van der Waals surface area contributed by atoms with E-state index in [1.807, 2.05) is 0 Å². The number of benzene rings is 1. The van der Waals surface area contributed by atoms with Crippen molar-refractivity contribution in [2.24, 2.45) is 11.5 Å². The quantitative estimate of drug-likeness (QED) is 0.599. The Kier molecular flexibility index (Phi) is 2.92. The number of hydrogen-bond acceptors (Lipinski definition) is 3. The van der Waals surface area contributed by atoms with Crippen LogP contribution in [0.5, 0.6) is 0 Å². The van der Waals surface area contributed by atoms with Gasteiger partial charge in [-0.05, 0) is 17.7 Å². The Hall–Kier alpha value is -0.770. The molecule has 0 radical (unpaired) electrons. The maximum absolute atomic E-state index is 5.71. The maximum Gasteiger partial charge on any atom is 0.0440 e. The molecule has 1 aromatic carbocycles. The second-order valence-electron chi connectivity index (χ2n) is 2.62. The summed E-state index contributed by atoms with van der Waals surface area (Å²) in [6.45, 7) is 0.381. The van der Waals surface area contributed by atoms with Crippen LogP contribution in [0.4, 0.5) is 5.69 Å². The van der Waals surface area contributed by atoms with Crippen LogP contribution in [0.2, 0.25) is 5.02 Å². The lowest BCUT2D eigenvalue weighted by atomic mass is 10.1. The van der Waals surface area contributed by atoms with Gasteiger partial charge in [-0.3, -0.25) is 0 Å². The summed E-state index contributed by atoms with van der Waals surface area (Å²) in [7, 11) is 0. The molecular weight excluding hydrogens is 174 g/mol. The Morgan fingerprint density at radius 1 is 1.42 bits per heavy atom. The highest BCUT2D eigenvalue weighted by atomic mass is 35.5. The van der Waals surface area contributed by atoms with Gasteiger partial charge in [-0.15, -0.1) is 0 Å². The van der Waals surface area contributed by atoms with Crippen molar-refractivity contribution in [3.05, 3.63) is 28.8 Å². The van der Waals surface area contributed by atoms with Gasteiger partial charge in [-0.1, -0.05) is 17.7 Å². The maximum atomic E-state index is 5.71. The zero-order valence-corrected chi connectivity index (χ0v) is 7.38. The van der Waals surface area contributed by atoms with Gasteiger partial charge in [0.05, 0.1) is 0 Å². The second-order valence-corrected chi connectivity index (χ2v) is 3.05. The number of hydrogen-bond donors (Lipinski definition) is 3. The molecule has 0 saturated heterocycles. The van der Waals surface area contributed by atoms with Crippen LogP contribution < -0.4 is 17.2 Å². The summed E-state index contributed by atoms with van der Waals surface area (Å²) < 4.78 is 0. The highest BCUT2D eigenvalue weighted by Crippen LogP contribution is 2.21. The largest absolute Gasteiger partial charge is 0.398 e. The van der Waals surface area contributed by atoms with Crippen molar-refractivity contribution >= 4 is 17.3 Å². The third-order valence-electron chi connectivity index (χ3n) is 1.70. The van der Waals surface area contributed by atoms with Gasteiger partial charge in [0.2, 0.25) is 0 Å². The zero-order chi connectivity index (χ0) is 9.14. The third kappa shape index (κ3) is 1.88. The van der Waals surface area contributed by atoms with Gasteiger partial charge in [0.15, 0.2) is 0 Å². The molecule has 0 aliphatic rings. The Balaban J connectivity index is 3.01. The molecule has 0 amide bonds. The molecule has 0 fully saturated rings. The molecule has 0 saturated carbocycles. The van der Waals surface area contributed by atoms with Crippen LogP contribution in [0, 0.1) is 0 Å². The summed E-state index contributed by atoms with van der Waals surface area (Å²) in [6, 6.07) is 5.02. The lowest BCUT2D eigenvalue weighted by molar-refractivity contribution is 0.739. The Morgan fingerprint density at radius 3 is 2.58 bits per heavy atom. The fraction of sp³-hybridized carbons (Fsp3) is 0.250. The third-order valence-corrected chi connectivity index (χ3v) is 1.94. The van der Waals surface area contributed by atoms with E-state index in [-0.39, 0.29) is 6.04 Å². The van der Waals surface area contributed by atoms with E-state index >= 15 is 0 Å². The van der Waals surface area contributed by atoms with Gasteiger partial charge in [0.1, 0.15) is 0 Å². The first-order valence-corrected chi connectivity index (χ1v) is 4.03. The van der Waals surface area contributed by atoms with Gasteiger partial charge in [-0.2, -0.15) is 0 Å². The monoisotopic (exact) mass is 185 g/mol. The predicted octanol–water partition coefficient (Wildman–Crippen LogP) is 0.881. The van der Waals surface area contributed by atoms with Crippen molar-refractivity contribution in [3.63, 3.8) is 0 Å². The molecule has 0 aromatic heterocycles. The number of nitrogen functional groups attached to an aromatic ring is 1. The van der Waals surface area contributed by atoms with E-state index in [4.69, 9.17) is 28.8 Å². The van der Waals surface area contributed by atoms with Crippen molar-refractivity contribution < 1.29 is 0 Å². The lowest BCUT2D eigenvalue weighted by Gasteiger charge is -2.11. The van der Waals surface area contributed by atoms with Gasteiger partial charge < -0.3 is 17.2 Å². The molecule has 4 heteroatoms. The number of halogens is 1. The normalized spacial score (nSPS) is 12.9. The molecule has 0 aliphatic heterocycles. The van der Waals surface area contributed by atoms with Gasteiger partial charge in [-0.25, -0.2) is 0 Å². The zero-order valence-electron chi connectivity index (χ0n) is 6.63. The summed E-state index contributed by atoms with van der Waals surface area (Å²) in [6.07, 6.45) is 0. The summed E-state index contributed by atoms with van der Waals surface area (Å²) >= 11 is 5.71. The van der Waals surface area contributed by atoms with Crippen LogP contribution in [-0.4, -0.2) is 6.54 Å². The van der Waals surface area contributed by atoms with Crippen LogP contribution in [0.25, 0.3) is 0 Å². The average Bonchev–Trinajstić information content (AvgIpc) is 2.03. The van der Waals surface area contributed by atoms with Crippen molar-refractivity contribution in [3.8, 4) is 0 Å². The topological polar surface area (TPSA) is 78.1 Å². The summed E-state index contributed by atoms with van der Waals surface area (Å²) in [5.41, 5.74) is 18.2. The molecule has 0 unspecified atom stereocenters. The molecular formula is C8H12ClN3. The van der Waals surface area contributed by atoms with E-state index in [9.17, 15) is 0 Å². The van der Waals surface area contributed by atoms with E-state index in [2.05, 4.69) is 0 Å². The fourth-order valence-electron chi connectivity index (χ4n) is 1.01. The molecule has 0 spiro atoms. The van der Waals surface area contributed by atoms with Crippen LogP contribution in [-0.2, 0) is 0 Å². The summed E-state index contributed by atoms with van der Waals surface area (Å²) in [5, 5.41) is 0.612. The number of rotatable bonds is 2. The SMILES string of the molecule is NC[C@@H](N)c1ccc(Cl)cc1N. The molecule has 1 rings (SSSR count). The van der Waals surface area contributed by atoms with Crippen molar-refractivity contribution in [1.29, 1.82) is 0 Å². The van der Waals surface area contributed by atoms with E-state index in [1.54, 1.807) is 18.2 Å². The Labute approximate surface area is 76.5 Å².